The molecule has 2 aromatic rings. The van der Waals surface area contributed by atoms with Crippen LogP contribution < -0.4 is 9.47 Å². The largest absolute Gasteiger partial charge is 0.493 e. The number of esters is 4. The molecule has 0 atom stereocenters. The first-order valence-corrected chi connectivity index (χ1v) is 8.77. The van der Waals surface area contributed by atoms with Crippen LogP contribution in [0.15, 0.2) is 48.5 Å². The molecule has 8 nitrogen and oxygen atoms in total. The molecule has 8 heteroatoms. The average Bonchev–Trinajstić information content (AvgIpc) is 2.67. The molecule has 0 radical (unpaired) electrons. The Hall–Kier alpha value is -3.68. The van der Waals surface area contributed by atoms with Gasteiger partial charge >= 0.3 is 23.9 Å². The van der Waals surface area contributed by atoms with Crippen molar-refractivity contribution in [3.63, 3.8) is 0 Å². The topological polar surface area (TPSA) is 105 Å². The summed E-state index contributed by atoms with van der Waals surface area (Å²) in [4.78, 5) is 45.7. The second-order valence-corrected chi connectivity index (χ2v) is 5.80. The highest BCUT2D eigenvalue weighted by Gasteiger charge is 2.16. The van der Waals surface area contributed by atoms with Gasteiger partial charge in [-0.3, -0.25) is 9.59 Å². The number of hydrogen-bond donors (Lipinski definition) is 0. The summed E-state index contributed by atoms with van der Waals surface area (Å²) >= 11 is 0. The Bertz CT molecular complexity index is 830. The van der Waals surface area contributed by atoms with E-state index in [0.29, 0.717) is 6.42 Å². The molecule has 0 N–H and O–H groups in total. The van der Waals surface area contributed by atoms with Gasteiger partial charge in [-0.1, -0.05) is 24.3 Å². The third-order valence-corrected chi connectivity index (χ3v) is 3.49. The fourth-order valence-electron chi connectivity index (χ4n) is 2.32. The zero-order valence-electron chi connectivity index (χ0n) is 16.0. The molecule has 0 aliphatic heterocycles. The summed E-state index contributed by atoms with van der Waals surface area (Å²) in [5.41, 5.74) is 0.280. The van der Waals surface area contributed by atoms with E-state index in [1.54, 1.807) is 36.4 Å². The Morgan fingerprint density at radius 1 is 0.655 bits per heavy atom. The number of hydrogen-bond acceptors (Lipinski definition) is 8. The highest BCUT2D eigenvalue weighted by atomic mass is 16.6. The van der Waals surface area contributed by atoms with Crippen LogP contribution in [0.1, 0.15) is 41.0 Å². The van der Waals surface area contributed by atoms with Crippen molar-refractivity contribution in [1.29, 1.82) is 0 Å². The van der Waals surface area contributed by atoms with E-state index in [0.717, 1.165) is 13.8 Å². The van der Waals surface area contributed by atoms with Gasteiger partial charge in [0.05, 0.1) is 13.2 Å². The summed E-state index contributed by atoms with van der Waals surface area (Å²) in [6.45, 7) is 2.71. The molecule has 0 fully saturated rings. The molecule has 0 unspecified atom stereocenters. The van der Waals surface area contributed by atoms with E-state index in [9.17, 15) is 19.2 Å². The maximum absolute atomic E-state index is 11.9. The van der Waals surface area contributed by atoms with Crippen molar-refractivity contribution < 1.29 is 38.1 Å². The Morgan fingerprint density at radius 3 is 1.41 bits per heavy atom. The maximum atomic E-state index is 11.9. The lowest BCUT2D eigenvalue weighted by atomic mass is 10.2. The molecule has 0 bridgehead atoms. The lowest BCUT2D eigenvalue weighted by molar-refractivity contribution is -0.136. The van der Waals surface area contributed by atoms with Crippen molar-refractivity contribution in [3.05, 3.63) is 59.7 Å². The first-order valence-electron chi connectivity index (χ1n) is 8.77. The van der Waals surface area contributed by atoms with E-state index < -0.39 is 23.9 Å². The lowest BCUT2D eigenvalue weighted by Crippen LogP contribution is -2.13. The standard InChI is InChI=1S/C21H20O8/c1-14(22)28-20(24)16-8-3-5-10-18(16)26-12-7-13-27-19-11-6-4-9-17(19)21(25)29-15(2)23/h3-6,8-11H,7,12-13H2,1-2H3. The fraction of sp³-hybridized carbons (Fsp3) is 0.238. The Kier molecular flexibility index (Phi) is 7.90. The van der Waals surface area contributed by atoms with Crippen molar-refractivity contribution in [3.8, 4) is 11.5 Å². The quantitative estimate of drug-likeness (QED) is 0.378. The van der Waals surface area contributed by atoms with Crippen LogP contribution in [0.25, 0.3) is 0 Å². The van der Waals surface area contributed by atoms with Crippen molar-refractivity contribution in [1.82, 2.24) is 0 Å². The number of para-hydroxylation sites is 2. The van der Waals surface area contributed by atoms with Crippen LogP contribution in [0.2, 0.25) is 0 Å². The fourth-order valence-corrected chi connectivity index (χ4v) is 2.32. The zero-order valence-corrected chi connectivity index (χ0v) is 16.0. The normalized spacial score (nSPS) is 10.0. The SMILES string of the molecule is CC(=O)OC(=O)c1ccccc1OCCCOc1ccccc1C(=O)OC(C)=O. The van der Waals surface area contributed by atoms with Gasteiger partial charge in [-0.25, -0.2) is 9.59 Å². The summed E-state index contributed by atoms with van der Waals surface area (Å²) < 4.78 is 20.3. The molecule has 0 saturated carbocycles. The minimum atomic E-state index is -0.790. The van der Waals surface area contributed by atoms with E-state index >= 15 is 0 Å². The van der Waals surface area contributed by atoms with Crippen molar-refractivity contribution in [2.24, 2.45) is 0 Å². The van der Waals surface area contributed by atoms with Crippen LogP contribution in [-0.4, -0.2) is 37.1 Å². The van der Waals surface area contributed by atoms with Gasteiger partial charge in [0, 0.05) is 20.3 Å². The second kappa shape index (κ2) is 10.6. The molecule has 0 aliphatic rings. The molecular weight excluding hydrogens is 380 g/mol. The minimum absolute atomic E-state index is 0.140. The predicted octanol–water partition coefficient (Wildman–Crippen LogP) is 2.94. The molecular formula is C21H20O8. The van der Waals surface area contributed by atoms with E-state index in [-0.39, 0.29) is 35.8 Å². The van der Waals surface area contributed by atoms with Crippen LogP contribution in [0, 0.1) is 0 Å². The molecule has 0 saturated heterocycles. The molecule has 0 heterocycles. The van der Waals surface area contributed by atoms with Gasteiger partial charge < -0.3 is 18.9 Å². The first kappa shape index (κ1) is 21.6. The molecule has 0 amide bonds. The minimum Gasteiger partial charge on any atom is -0.493 e. The van der Waals surface area contributed by atoms with E-state index in [2.05, 4.69) is 9.47 Å². The third-order valence-electron chi connectivity index (χ3n) is 3.49. The van der Waals surface area contributed by atoms with Gasteiger partial charge in [0.25, 0.3) is 0 Å². The van der Waals surface area contributed by atoms with Crippen LogP contribution >= 0.6 is 0 Å². The van der Waals surface area contributed by atoms with Crippen molar-refractivity contribution in [2.75, 3.05) is 13.2 Å². The number of carbonyl (C=O) groups is 4. The number of ether oxygens (including phenoxy) is 4. The second-order valence-electron chi connectivity index (χ2n) is 5.80. The Morgan fingerprint density at radius 2 is 1.03 bits per heavy atom. The average molecular weight is 400 g/mol. The van der Waals surface area contributed by atoms with Crippen LogP contribution in [0.4, 0.5) is 0 Å². The van der Waals surface area contributed by atoms with Crippen molar-refractivity contribution >= 4 is 23.9 Å². The van der Waals surface area contributed by atoms with Gasteiger partial charge in [0.2, 0.25) is 0 Å². The third kappa shape index (κ3) is 6.76. The molecule has 2 aromatic carbocycles. The molecule has 0 aliphatic carbocycles. The number of carbonyl (C=O) groups excluding carboxylic acids is 4. The summed E-state index contributed by atoms with van der Waals surface area (Å²) in [5, 5.41) is 0. The Balaban J connectivity index is 1.89. The molecule has 0 spiro atoms. The highest BCUT2D eigenvalue weighted by Crippen LogP contribution is 2.21. The monoisotopic (exact) mass is 400 g/mol. The summed E-state index contributed by atoms with van der Waals surface area (Å²) in [6, 6.07) is 12.8. The molecule has 152 valence electrons. The van der Waals surface area contributed by atoms with Crippen LogP contribution in [0.5, 0.6) is 11.5 Å². The van der Waals surface area contributed by atoms with Gasteiger partial charge in [0.1, 0.15) is 22.6 Å². The predicted molar refractivity (Wildman–Crippen MR) is 101 cm³/mol. The zero-order chi connectivity index (χ0) is 21.2. The van der Waals surface area contributed by atoms with Crippen molar-refractivity contribution in [2.45, 2.75) is 20.3 Å². The number of benzene rings is 2. The smallest absolute Gasteiger partial charge is 0.349 e. The van der Waals surface area contributed by atoms with Gasteiger partial charge in [-0.2, -0.15) is 0 Å². The number of rotatable bonds is 8. The molecule has 2 rings (SSSR count). The van der Waals surface area contributed by atoms with E-state index in [1.165, 1.54) is 12.1 Å². The molecule has 29 heavy (non-hydrogen) atoms. The summed E-state index contributed by atoms with van der Waals surface area (Å²) in [7, 11) is 0. The van der Waals surface area contributed by atoms with Crippen LogP contribution in [-0.2, 0) is 19.1 Å². The van der Waals surface area contributed by atoms with Gasteiger partial charge in [0.15, 0.2) is 0 Å². The Labute approximate surface area is 167 Å². The van der Waals surface area contributed by atoms with E-state index in [4.69, 9.17) is 9.47 Å². The molecule has 0 aromatic heterocycles. The summed E-state index contributed by atoms with van der Waals surface area (Å²) in [6.07, 6.45) is 0.437. The summed E-state index contributed by atoms with van der Waals surface area (Å²) in [5.74, 6) is -2.43. The first-order chi connectivity index (χ1) is 13.9. The van der Waals surface area contributed by atoms with Crippen LogP contribution in [0.3, 0.4) is 0 Å². The highest BCUT2D eigenvalue weighted by molar-refractivity contribution is 5.99. The van der Waals surface area contributed by atoms with Gasteiger partial charge in [-0.05, 0) is 24.3 Å². The van der Waals surface area contributed by atoms with E-state index in [1.807, 2.05) is 0 Å². The maximum Gasteiger partial charge on any atom is 0.349 e. The lowest BCUT2D eigenvalue weighted by Gasteiger charge is -2.12. The van der Waals surface area contributed by atoms with Gasteiger partial charge in [-0.15, -0.1) is 0 Å².